The molecule has 12 rings (SSSR count). The molecule has 0 saturated carbocycles. The number of benzene rings is 8. The van der Waals surface area contributed by atoms with Crippen molar-refractivity contribution in [2.75, 3.05) is 14.6 Å². The highest BCUT2D eigenvalue weighted by molar-refractivity contribution is 6.93. The molecule has 0 amide bonds. The van der Waals surface area contributed by atoms with Gasteiger partial charge in [-0.05, 0) is 150 Å². The summed E-state index contributed by atoms with van der Waals surface area (Å²) in [5.74, 6) is 0. The van der Waals surface area contributed by atoms with Gasteiger partial charge in [0.2, 0.25) is 0 Å². The second-order valence-corrected chi connectivity index (χ2v) is 24.7. The third-order valence-electron chi connectivity index (χ3n) is 16.5. The molecule has 348 valence electrons. The molecule has 8 aromatic rings. The van der Waals surface area contributed by atoms with Crippen molar-refractivity contribution in [3.63, 3.8) is 0 Å². The van der Waals surface area contributed by atoms with Crippen LogP contribution in [0.2, 0.25) is 0 Å². The molecule has 0 saturated heterocycles. The molecular weight excluding hydrogens is 846 g/mol. The number of anilines is 8. The van der Waals surface area contributed by atoms with Crippen LogP contribution in [-0.4, -0.2) is 6.85 Å². The fourth-order valence-electron chi connectivity index (χ4n) is 12.6. The molecule has 0 unspecified atom stereocenters. The lowest BCUT2D eigenvalue weighted by Gasteiger charge is -2.51. The monoisotopic (exact) mass is 912 g/mol. The van der Waals surface area contributed by atoms with E-state index in [1.165, 1.54) is 101 Å². The van der Waals surface area contributed by atoms with Crippen LogP contribution < -0.4 is 25.5 Å². The van der Waals surface area contributed by atoms with Gasteiger partial charge in [0.1, 0.15) is 0 Å². The van der Waals surface area contributed by atoms with E-state index in [2.05, 4.69) is 268 Å². The Labute approximate surface area is 418 Å². The maximum atomic E-state index is 2.71. The predicted octanol–water partition coefficient (Wildman–Crippen LogP) is 16.7. The summed E-state index contributed by atoms with van der Waals surface area (Å²) in [6.07, 6.45) is 0. The number of hydrogen-bond donors (Lipinski definition) is 0. The average molecular weight is 912 g/mol. The van der Waals surface area contributed by atoms with E-state index in [4.69, 9.17) is 0 Å². The first-order chi connectivity index (χ1) is 33.2. The third kappa shape index (κ3) is 6.40. The summed E-state index contributed by atoms with van der Waals surface area (Å²) >= 11 is 0. The molecule has 3 heterocycles. The molecule has 0 N–H and O–H groups in total. The molecule has 3 nitrogen and oxygen atoms in total. The molecule has 0 fully saturated rings. The van der Waals surface area contributed by atoms with Crippen molar-refractivity contribution >= 4 is 63.3 Å². The van der Waals surface area contributed by atoms with Crippen LogP contribution >= 0.6 is 0 Å². The second kappa shape index (κ2) is 14.9. The minimum absolute atomic E-state index is 0.0244. The first kappa shape index (κ1) is 44.4. The normalized spacial score (nSPS) is 15.6. The summed E-state index contributed by atoms with van der Waals surface area (Å²) in [5, 5.41) is 0. The summed E-state index contributed by atoms with van der Waals surface area (Å²) in [6.45, 7) is 30.4. The molecular formula is C66H66BN3. The largest absolute Gasteiger partial charge is 0.376 e. The Kier molecular flexibility index (Phi) is 9.44. The summed E-state index contributed by atoms with van der Waals surface area (Å²) in [5.41, 5.74) is 26.8. The van der Waals surface area contributed by atoms with Crippen LogP contribution in [0.3, 0.4) is 0 Å². The SMILES string of the molecule is CC(C)(C)c1ccc(N2B3c4cccc5c4N(c4ccccc4C5(C)C)c4c3c(cc3c4C(C)(C)c4ccccc4-3)-c3cc(N(c4ccc(C(C)(C)C)cc4)c4ccc(C(C)(C)C)cc4)ccc32)cc1. The van der Waals surface area contributed by atoms with Gasteiger partial charge in [0, 0.05) is 56.2 Å². The quantitative estimate of drug-likeness (QED) is 0.163. The summed E-state index contributed by atoms with van der Waals surface area (Å²) in [7, 11) is 0. The van der Waals surface area contributed by atoms with Crippen molar-refractivity contribution in [3.05, 3.63) is 203 Å². The number of fused-ring (bicyclic) bond motifs is 10. The lowest BCUT2D eigenvalue weighted by molar-refractivity contribution is 0.590. The molecule has 1 aliphatic carbocycles. The minimum atomic E-state index is -0.258. The number of nitrogens with zero attached hydrogens (tertiary/aromatic N) is 3. The first-order valence-corrected chi connectivity index (χ1v) is 25.6. The summed E-state index contributed by atoms with van der Waals surface area (Å²) in [4.78, 5) is 7.87. The van der Waals surface area contributed by atoms with E-state index in [0.29, 0.717) is 0 Å². The zero-order chi connectivity index (χ0) is 49.0. The van der Waals surface area contributed by atoms with Gasteiger partial charge in [0.25, 0.3) is 0 Å². The van der Waals surface area contributed by atoms with Crippen molar-refractivity contribution in [3.8, 4) is 22.3 Å². The Morgan fingerprint density at radius 1 is 0.414 bits per heavy atom. The maximum Gasteiger partial charge on any atom is 0.333 e. The van der Waals surface area contributed by atoms with Crippen LogP contribution in [0.5, 0.6) is 0 Å². The molecule has 0 spiro atoms. The highest BCUT2D eigenvalue weighted by atomic mass is 15.2. The Bertz CT molecular complexity index is 3370. The van der Waals surface area contributed by atoms with Crippen molar-refractivity contribution in [2.45, 2.75) is 117 Å². The number of para-hydroxylation sites is 2. The lowest BCUT2D eigenvalue weighted by atomic mass is 9.42. The fourth-order valence-corrected chi connectivity index (χ4v) is 12.6. The molecule has 4 aliphatic rings. The molecule has 4 heteroatoms. The summed E-state index contributed by atoms with van der Waals surface area (Å²) < 4.78 is 0. The van der Waals surface area contributed by atoms with Crippen LogP contribution in [0.15, 0.2) is 164 Å². The van der Waals surface area contributed by atoms with E-state index in [1.54, 1.807) is 0 Å². The average Bonchev–Trinajstić information content (AvgIpc) is 3.56. The zero-order valence-corrected chi connectivity index (χ0v) is 43.5. The van der Waals surface area contributed by atoms with Gasteiger partial charge < -0.3 is 14.6 Å². The van der Waals surface area contributed by atoms with Crippen LogP contribution in [0.4, 0.5) is 45.5 Å². The van der Waals surface area contributed by atoms with E-state index in [9.17, 15) is 0 Å². The Hall–Kier alpha value is -6.78. The van der Waals surface area contributed by atoms with Gasteiger partial charge >= 0.3 is 6.85 Å². The van der Waals surface area contributed by atoms with E-state index in [-0.39, 0.29) is 33.9 Å². The molecule has 70 heavy (non-hydrogen) atoms. The fraction of sp³-hybridized carbons (Fsp3) is 0.273. The smallest absolute Gasteiger partial charge is 0.333 e. The third-order valence-corrected chi connectivity index (χ3v) is 16.5. The Morgan fingerprint density at radius 3 is 1.54 bits per heavy atom. The Balaban J connectivity index is 1.19. The van der Waals surface area contributed by atoms with Gasteiger partial charge in [-0.25, -0.2) is 0 Å². The molecule has 8 aromatic carbocycles. The molecule has 0 atom stereocenters. The van der Waals surface area contributed by atoms with Gasteiger partial charge in [0.15, 0.2) is 0 Å². The standard InChI is InChI=1S/C66H66BN3/c1-62(2,3)41-25-31-44(32-26-41)68(45-33-27-42(28-34-45)63(4,5)6)47-37-38-56-49(39-47)51-40-50-48-19-14-15-20-52(48)66(12,13)58(50)61-59(51)67(70(56)46-35-29-43(30-36-46)64(7,8)9)55-23-18-22-54-60(55)69(61)57-24-17-16-21-53(57)65(54,10)11/h14-40H,1-13H3. The highest BCUT2D eigenvalue weighted by Crippen LogP contribution is 2.61. The predicted molar refractivity (Wildman–Crippen MR) is 301 cm³/mol. The molecule has 0 radical (unpaired) electrons. The van der Waals surface area contributed by atoms with Crippen LogP contribution in [-0.2, 0) is 27.1 Å². The highest BCUT2D eigenvalue weighted by Gasteiger charge is 2.53. The number of rotatable bonds is 4. The molecule has 0 bridgehead atoms. The van der Waals surface area contributed by atoms with Crippen LogP contribution in [0.25, 0.3) is 22.3 Å². The van der Waals surface area contributed by atoms with Gasteiger partial charge in [-0.1, -0.05) is 187 Å². The van der Waals surface area contributed by atoms with E-state index in [0.717, 1.165) is 17.1 Å². The zero-order valence-electron chi connectivity index (χ0n) is 43.5. The van der Waals surface area contributed by atoms with Crippen LogP contribution in [0, 0.1) is 0 Å². The lowest BCUT2D eigenvalue weighted by Crippen LogP contribution is -2.63. The van der Waals surface area contributed by atoms with Crippen molar-refractivity contribution in [2.24, 2.45) is 0 Å². The minimum Gasteiger partial charge on any atom is -0.376 e. The van der Waals surface area contributed by atoms with Crippen molar-refractivity contribution in [1.82, 2.24) is 0 Å². The molecule has 0 aromatic heterocycles. The van der Waals surface area contributed by atoms with Gasteiger partial charge in [-0.15, -0.1) is 0 Å². The van der Waals surface area contributed by atoms with E-state index in [1.807, 2.05) is 0 Å². The topological polar surface area (TPSA) is 9.72 Å². The van der Waals surface area contributed by atoms with Gasteiger partial charge in [-0.2, -0.15) is 0 Å². The second-order valence-electron chi connectivity index (χ2n) is 24.7. The molecule has 3 aliphatic heterocycles. The van der Waals surface area contributed by atoms with Crippen molar-refractivity contribution < 1.29 is 0 Å². The summed E-state index contributed by atoms with van der Waals surface area (Å²) in [6, 6.07) is 63.5. The van der Waals surface area contributed by atoms with Gasteiger partial charge in [0.05, 0.1) is 5.69 Å². The van der Waals surface area contributed by atoms with E-state index >= 15 is 0 Å². The Morgan fingerprint density at radius 2 is 0.943 bits per heavy atom. The maximum absolute atomic E-state index is 2.71. The number of hydrogen-bond acceptors (Lipinski definition) is 3. The van der Waals surface area contributed by atoms with Gasteiger partial charge in [-0.3, -0.25) is 0 Å². The van der Waals surface area contributed by atoms with Crippen molar-refractivity contribution in [1.29, 1.82) is 0 Å². The first-order valence-electron chi connectivity index (χ1n) is 25.6. The van der Waals surface area contributed by atoms with Crippen LogP contribution in [0.1, 0.15) is 129 Å². The van der Waals surface area contributed by atoms with E-state index < -0.39 is 0 Å².